The second kappa shape index (κ2) is 11.2. The van der Waals surface area contributed by atoms with Crippen molar-refractivity contribution in [1.29, 1.82) is 0 Å². The van der Waals surface area contributed by atoms with Gasteiger partial charge < -0.3 is 0 Å². The first-order valence-electron chi connectivity index (χ1n) is 16.4. The Morgan fingerprint density at radius 2 is 0.857 bits per heavy atom. The van der Waals surface area contributed by atoms with E-state index in [0.717, 1.165) is 32.8 Å². The van der Waals surface area contributed by atoms with Crippen molar-refractivity contribution in [3.63, 3.8) is 0 Å². The number of nitrogens with zero attached hydrogens (tertiary/aromatic N) is 3. The predicted molar refractivity (Wildman–Crippen MR) is 207 cm³/mol. The van der Waals surface area contributed by atoms with Crippen LogP contribution in [0, 0.1) is 0 Å². The molecule has 0 aliphatic rings. The predicted octanol–water partition coefficient (Wildman–Crippen LogP) is 12.4. The van der Waals surface area contributed by atoms with Crippen LogP contribution < -0.4 is 0 Å². The van der Waals surface area contributed by atoms with Crippen LogP contribution in [0.1, 0.15) is 0 Å². The average Bonchev–Trinajstić information content (AvgIpc) is 3.56. The van der Waals surface area contributed by atoms with E-state index in [-0.39, 0.29) is 0 Å². The molecule has 0 bridgehead atoms. The van der Waals surface area contributed by atoms with Gasteiger partial charge in [0, 0.05) is 36.9 Å². The summed E-state index contributed by atoms with van der Waals surface area (Å²) in [5.74, 6) is 2.00. The molecule has 0 saturated carbocycles. The molecule has 10 rings (SSSR count). The molecule has 49 heavy (non-hydrogen) atoms. The molecule has 10 aromatic rings. The van der Waals surface area contributed by atoms with Gasteiger partial charge in [-0.25, -0.2) is 15.0 Å². The number of hydrogen-bond donors (Lipinski definition) is 0. The first-order valence-corrected chi connectivity index (χ1v) is 17.3. The van der Waals surface area contributed by atoms with Crippen LogP contribution >= 0.6 is 11.3 Å². The number of fused-ring (bicyclic) bond motifs is 6. The summed E-state index contributed by atoms with van der Waals surface area (Å²) in [6.07, 6.45) is 0. The monoisotopic (exact) mass is 641 g/mol. The molecule has 2 heterocycles. The molecule has 0 amide bonds. The molecular formula is C45H27N3S. The molecule has 0 fully saturated rings. The normalized spacial score (nSPS) is 11.7. The molecule has 3 nitrogen and oxygen atoms in total. The van der Waals surface area contributed by atoms with Crippen molar-refractivity contribution >= 4 is 63.8 Å². The SMILES string of the molecule is c1ccc2cc(-c3ccc4ccc(-c5nc(-c6cccc7ccccc67)nc(-c6cccc7c6sc6ccccc67)n5)cc4c3)ccc2c1. The number of aromatic nitrogens is 3. The van der Waals surface area contributed by atoms with Crippen LogP contribution in [0.25, 0.3) is 97.8 Å². The molecule has 228 valence electrons. The van der Waals surface area contributed by atoms with E-state index in [4.69, 9.17) is 15.0 Å². The Hall–Kier alpha value is -6.23. The highest BCUT2D eigenvalue weighted by atomic mass is 32.1. The molecule has 0 radical (unpaired) electrons. The number of hydrogen-bond acceptors (Lipinski definition) is 4. The molecule has 0 unspecified atom stereocenters. The molecule has 0 aliphatic carbocycles. The molecule has 8 aromatic carbocycles. The summed E-state index contributed by atoms with van der Waals surface area (Å²) >= 11 is 1.79. The third-order valence-corrected chi connectivity index (χ3v) is 10.7. The average molecular weight is 642 g/mol. The quantitative estimate of drug-likeness (QED) is 0.192. The highest BCUT2D eigenvalue weighted by molar-refractivity contribution is 7.26. The van der Waals surface area contributed by atoms with E-state index in [2.05, 4.69) is 164 Å². The summed E-state index contributed by atoms with van der Waals surface area (Å²) in [7, 11) is 0. The fraction of sp³-hybridized carbons (Fsp3) is 0. The highest BCUT2D eigenvalue weighted by Gasteiger charge is 2.18. The Balaban J connectivity index is 1.17. The van der Waals surface area contributed by atoms with Crippen LogP contribution in [0.2, 0.25) is 0 Å². The van der Waals surface area contributed by atoms with E-state index in [1.807, 2.05) is 0 Å². The summed E-state index contributed by atoms with van der Waals surface area (Å²) < 4.78 is 2.44. The van der Waals surface area contributed by atoms with Gasteiger partial charge in [0.1, 0.15) is 0 Å². The summed E-state index contributed by atoms with van der Waals surface area (Å²) in [5.41, 5.74) is 5.34. The lowest BCUT2D eigenvalue weighted by Gasteiger charge is -2.12. The molecule has 0 atom stereocenters. The van der Waals surface area contributed by atoms with E-state index in [1.54, 1.807) is 11.3 Å². The Bertz CT molecular complexity index is 2900. The van der Waals surface area contributed by atoms with E-state index in [0.29, 0.717) is 17.5 Å². The maximum atomic E-state index is 5.21. The molecule has 0 spiro atoms. The minimum absolute atomic E-state index is 0.657. The third-order valence-electron chi connectivity index (χ3n) is 9.49. The minimum Gasteiger partial charge on any atom is -0.208 e. The fourth-order valence-corrected chi connectivity index (χ4v) is 8.24. The van der Waals surface area contributed by atoms with Crippen LogP contribution in [0.15, 0.2) is 164 Å². The lowest BCUT2D eigenvalue weighted by Crippen LogP contribution is -2.00. The van der Waals surface area contributed by atoms with Crippen molar-refractivity contribution in [3.05, 3.63) is 164 Å². The van der Waals surface area contributed by atoms with Gasteiger partial charge in [-0.2, -0.15) is 0 Å². The highest BCUT2D eigenvalue weighted by Crippen LogP contribution is 2.40. The van der Waals surface area contributed by atoms with Crippen molar-refractivity contribution in [1.82, 2.24) is 15.0 Å². The standard InChI is InChI=1S/C45H27N3S/c1-2-11-31-25-32(22-19-28(31)9-1)33-23-20-29-21-24-34(27-35(29)26-33)43-46-44(39-16-7-12-30-10-3-4-13-36(30)39)48-45(47-43)40-17-8-15-38-37-14-5-6-18-41(37)49-42(38)40/h1-27H. The zero-order chi connectivity index (χ0) is 32.3. The van der Waals surface area contributed by atoms with Gasteiger partial charge in [-0.05, 0) is 73.8 Å². The number of rotatable bonds is 4. The first kappa shape index (κ1) is 27.8. The third kappa shape index (κ3) is 4.76. The molecule has 0 aliphatic heterocycles. The fourth-order valence-electron chi connectivity index (χ4n) is 7.02. The van der Waals surface area contributed by atoms with Gasteiger partial charge in [0.15, 0.2) is 17.5 Å². The van der Waals surface area contributed by atoms with Gasteiger partial charge in [-0.1, -0.05) is 133 Å². The van der Waals surface area contributed by atoms with Crippen molar-refractivity contribution < 1.29 is 0 Å². The molecule has 0 N–H and O–H groups in total. The van der Waals surface area contributed by atoms with Crippen LogP contribution in [0.3, 0.4) is 0 Å². The largest absolute Gasteiger partial charge is 0.208 e. The van der Waals surface area contributed by atoms with E-state index in [9.17, 15) is 0 Å². The molecular weight excluding hydrogens is 615 g/mol. The van der Waals surface area contributed by atoms with Crippen molar-refractivity contribution in [3.8, 4) is 45.3 Å². The van der Waals surface area contributed by atoms with Gasteiger partial charge in [0.25, 0.3) is 0 Å². The smallest absolute Gasteiger partial charge is 0.165 e. The molecule has 0 saturated heterocycles. The van der Waals surface area contributed by atoms with Gasteiger partial charge >= 0.3 is 0 Å². The summed E-state index contributed by atoms with van der Waals surface area (Å²) in [4.78, 5) is 15.6. The Morgan fingerprint density at radius 1 is 0.327 bits per heavy atom. The maximum Gasteiger partial charge on any atom is 0.165 e. The minimum atomic E-state index is 0.657. The van der Waals surface area contributed by atoms with Gasteiger partial charge in [0.05, 0.1) is 0 Å². The topological polar surface area (TPSA) is 38.7 Å². The van der Waals surface area contributed by atoms with Crippen molar-refractivity contribution in [2.75, 3.05) is 0 Å². The first-order chi connectivity index (χ1) is 24.2. The van der Waals surface area contributed by atoms with E-state index >= 15 is 0 Å². The van der Waals surface area contributed by atoms with Gasteiger partial charge in [-0.15, -0.1) is 11.3 Å². The lowest BCUT2D eigenvalue weighted by atomic mass is 9.97. The maximum absolute atomic E-state index is 5.21. The second-order valence-corrected chi connectivity index (χ2v) is 13.5. The van der Waals surface area contributed by atoms with Crippen LogP contribution in [-0.4, -0.2) is 15.0 Å². The zero-order valence-corrected chi connectivity index (χ0v) is 27.2. The van der Waals surface area contributed by atoms with Crippen molar-refractivity contribution in [2.45, 2.75) is 0 Å². The Kier molecular flexibility index (Phi) is 6.36. The van der Waals surface area contributed by atoms with Crippen LogP contribution in [0.5, 0.6) is 0 Å². The summed E-state index contributed by atoms with van der Waals surface area (Å²) in [6.45, 7) is 0. The second-order valence-electron chi connectivity index (χ2n) is 12.5. The molecule has 4 heteroatoms. The lowest BCUT2D eigenvalue weighted by molar-refractivity contribution is 1.08. The van der Waals surface area contributed by atoms with Gasteiger partial charge in [0.2, 0.25) is 0 Å². The Labute approximate surface area is 286 Å². The van der Waals surface area contributed by atoms with E-state index in [1.165, 1.54) is 47.5 Å². The Morgan fingerprint density at radius 3 is 1.69 bits per heavy atom. The van der Waals surface area contributed by atoms with E-state index < -0.39 is 0 Å². The summed E-state index contributed by atoms with van der Waals surface area (Å²) in [6, 6.07) is 58.1. The summed E-state index contributed by atoms with van der Waals surface area (Å²) in [5, 5.41) is 9.54. The van der Waals surface area contributed by atoms with Crippen LogP contribution in [0.4, 0.5) is 0 Å². The van der Waals surface area contributed by atoms with Crippen LogP contribution in [-0.2, 0) is 0 Å². The number of benzene rings is 8. The number of thiophene rings is 1. The van der Waals surface area contributed by atoms with Crippen molar-refractivity contribution in [2.24, 2.45) is 0 Å². The van der Waals surface area contributed by atoms with Gasteiger partial charge in [-0.3, -0.25) is 0 Å². The zero-order valence-electron chi connectivity index (χ0n) is 26.3. The molecule has 2 aromatic heterocycles.